The number of alkyl halides is 2. The molecule has 2 aliphatic rings. The van der Waals surface area contributed by atoms with Gasteiger partial charge in [-0.25, -0.2) is 8.78 Å². The van der Waals surface area contributed by atoms with E-state index in [2.05, 4.69) is 10.6 Å². The fourth-order valence-electron chi connectivity index (χ4n) is 3.23. The normalized spacial score (nSPS) is 25.1. The molecule has 2 rings (SSSR count). The third-order valence-corrected chi connectivity index (χ3v) is 4.90. The van der Waals surface area contributed by atoms with Crippen LogP contribution in [-0.4, -0.2) is 54.6 Å². The minimum atomic E-state index is -2.44. The fourth-order valence-corrected chi connectivity index (χ4v) is 3.23. The first-order valence-corrected chi connectivity index (χ1v) is 10.2. The summed E-state index contributed by atoms with van der Waals surface area (Å²) in [5.74, 6) is -2.13. The fraction of sp³-hybridized carbons (Fsp3) is 0.714. The molecular formula is C21H32F2N2O5. The molecule has 2 aliphatic carbocycles. The lowest BCUT2D eigenvalue weighted by Gasteiger charge is -2.27. The molecule has 9 heteroatoms. The Labute approximate surface area is 175 Å². The summed E-state index contributed by atoms with van der Waals surface area (Å²) in [6.07, 6.45) is 5.04. The highest BCUT2D eigenvalue weighted by Crippen LogP contribution is 2.46. The standard InChI is InChI=1S/C21H32F2N2O5/c1-21(2,3)30-20(28)25-16(10-14-9-15(14)18(22)23)19(27)24-11-17(26)29-12-13-7-5-4-6-8-13/h4-7,13-16,18,20,25,28H,8-12H2,1-3H3,(H,24,27)/t13?,14?,15?,16-,20?/m0/s1. The van der Waals surface area contributed by atoms with Crippen LogP contribution in [0.5, 0.6) is 0 Å². The van der Waals surface area contributed by atoms with E-state index in [0.29, 0.717) is 6.42 Å². The van der Waals surface area contributed by atoms with Gasteiger partial charge in [0, 0.05) is 11.8 Å². The minimum absolute atomic E-state index is 0.106. The van der Waals surface area contributed by atoms with Gasteiger partial charge in [0.05, 0.1) is 18.2 Å². The van der Waals surface area contributed by atoms with Crippen molar-refractivity contribution in [3.8, 4) is 0 Å². The number of rotatable bonds is 11. The number of amides is 1. The lowest BCUT2D eigenvalue weighted by atomic mass is 10.0. The Morgan fingerprint density at radius 3 is 2.57 bits per heavy atom. The Hall–Kier alpha value is -1.84. The zero-order valence-electron chi connectivity index (χ0n) is 17.6. The van der Waals surface area contributed by atoms with Crippen LogP contribution in [0.25, 0.3) is 0 Å². The highest BCUT2D eigenvalue weighted by atomic mass is 19.3. The number of nitrogens with one attached hydrogen (secondary N) is 2. The molecule has 1 amide bonds. The molecule has 0 radical (unpaired) electrons. The van der Waals surface area contributed by atoms with E-state index in [1.807, 2.05) is 24.3 Å². The SMILES string of the molecule is CC(C)(C)OC(O)N[C@@H](CC1CC1C(F)F)C(=O)NCC(=O)OCC1C=CC=CC1. The van der Waals surface area contributed by atoms with Crippen molar-refractivity contribution in [2.45, 2.75) is 64.5 Å². The molecular weight excluding hydrogens is 398 g/mol. The van der Waals surface area contributed by atoms with E-state index in [9.17, 15) is 23.5 Å². The number of aliphatic hydroxyl groups excluding tert-OH is 1. The number of esters is 1. The molecule has 0 aromatic carbocycles. The molecule has 170 valence electrons. The van der Waals surface area contributed by atoms with Crippen LogP contribution < -0.4 is 10.6 Å². The van der Waals surface area contributed by atoms with Gasteiger partial charge in [-0.2, -0.15) is 0 Å². The maximum absolute atomic E-state index is 12.8. The van der Waals surface area contributed by atoms with Gasteiger partial charge in [-0.15, -0.1) is 0 Å². The Morgan fingerprint density at radius 2 is 2.00 bits per heavy atom. The third kappa shape index (κ3) is 8.89. The summed E-state index contributed by atoms with van der Waals surface area (Å²) in [7, 11) is 0. The summed E-state index contributed by atoms with van der Waals surface area (Å²) in [6, 6.07) is -0.977. The largest absolute Gasteiger partial charge is 0.464 e. The van der Waals surface area contributed by atoms with Gasteiger partial charge >= 0.3 is 5.97 Å². The third-order valence-electron chi connectivity index (χ3n) is 4.90. The van der Waals surface area contributed by atoms with Crippen molar-refractivity contribution in [3.63, 3.8) is 0 Å². The number of halogens is 2. The molecule has 30 heavy (non-hydrogen) atoms. The first-order valence-electron chi connectivity index (χ1n) is 10.2. The summed E-state index contributed by atoms with van der Waals surface area (Å²) in [6.45, 7) is 5.06. The number of carbonyl (C=O) groups excluding carboxylic acids is 2. The lowest BCUT2D eigenvalue weighted by Crippen LogP contribution is -2.51. The number of ether oxygens (including phenoxy) is 2. The van der Waals surface area contributed by atoms with Gasteiger partial charge in [0.15, 0.2) is 0 Å². The van der Waals surface area contributed by atoms with Crippen molar-refractivity contribution in [3.05, 3.63) is 24.3 Å². The van der Waals surface area contributed by atoms with E-state index in [0.717, 1.165) is 6.42 Å². The van der Waals surface area contributed by atoms with Crippen molar-refractivity contribution in [1.29, 1.82) is 0 Å². The van der Waals surface area contributed by atoms with Crippen molar-refractivity contribution in [1.82, 2.24) is 10.6 Å². The molecule has 0 saturated heterocycles. The zero-order chi connectivity index (χ0) is 22.3. The van der Waals surface area contributed by atoms with E-state index >= 15 is 0 Å². The Bertz CT molecular complexity index is 648. The Kier molecular flexibility index (Phi) is 8.93. The predicted molar refractivity (Wildman–Crippen MR) is 106 cm³/mol. The zero-order valence-corrected chi connectivity index (χ0v) is 17.6. The van der Waals surface area contributed by atoms with Gasteiger partial charge in [-0.1, -0.05) is 24.3 Å². The molecule has 7 nitrogen and oxygen atoms in total. The van der Waals surface area contributed by atoms with Gasteiger partial charge in [0.25, 0.3) is 0 Å². The van der Waals surface area contributed by atoms with Gasteiger partial charge < -0.3 is 19.9 Å². The van der Waals surface area contributed by atoms with Crippen LogP contribution >= 0.6 is 0 Å². The summed E-state index contributed by atoms with van der Waals surface area (Å²) in [5, 5.41) is 15.1. The van der Waals surface area contributed by atoms with Crippen LogP contribution in [0.15, 0.2) is 24.3 Å². The van der Waals surface area contributed by atoms with E-state index in [-0.39, 0.29) is 31.4 Å². The van der Waals surface area contributed by atoms with E-state index in [1.165, 1.54) is 0 Å². The molecule has 0 aliphatic heterocycles. The van der Waals surface area contributed by atoms with Gasteiger partial charge in [0.2, 0.25) is 18.7 Å². The Balaban J connectivity index is 1.82. The second-order valence-electron chi connectivity index (χ2n) is 8.74. The molecule has 0 heterocycles. The highest BCUT2D eigenvalue weighted by Gasteiger charge is 2.46. The van der Waals surface area contributed by atoms with Crippen LogP contribution in [0, 0.1) is 17.8 Å². The molecule has 1 saturated carbocycles. The topological polar surface area (TPSA) is 96.9 Å². The number of aliphatic hydroxyl groups is 1. The molecule has 0 aromatic heterocycles. The van der Waals surface area contributed by atoms with Crippen LogP contribution in [0.3, 0.4) is 0 Å². The van der Waals surface area contributed by atoms with E-state index in [4.69, 9.17) is 9.47 Å². The van der Waals surface area contributed by atoms with Gasteiger partial charge in [-0.3, -0.25) is 14.9 Å². The summed E-state index contributed by atoms with van der Waals surface area (Å²) < 4.78 is 36.2. The second kappa shape index (κ2) is 11.0. The number of hydrogen-bond acceptors (Lipinski definition) is 6. The summed E-state index contributed by atoms with van der Waals surface area (Å²) >= 11 is 0. The van der Waals surface area contributed by atoms with Crippen LogP contribution in [0.4, 0.5) is 8.78 Å². The van der Waals surface area contributed by atoms with Gasteiger partial charge in [-0.05, 0) is 46.0 Å². The molecule has 4 unspecified atom stereocenters. The van der Waals surface area contributed by atoms with Gasteiger partial charge in [0.1, 0.15) is 6.54 Å². The minimum Gasteiger partial charge on any atom is -0.464 e. The molecule has 0 spiro atoms. The van der Waals surface area contributed by atoms with Crippen molar-refractivity contribution < 1.29 is 33.0 Å². The molecule has 5 atom stereocenters. The lowest BCUT2D eigenvalue weighted by molar-refractivity contribution is -0.187. The number of carbonyl (C=O) groups is 2. The van der Waals surface area contributed by atoms with Crippen molar-refractivity contribution in [2.75, 3.05) is 13.2 Å². The number of hydrogen-bond donors (Lipinski definition) is 3. The average Bonchev–Trinajstić information content (AvgIpc) is 3.43. The number of allylic oxidation sites excluding steroid dienone is 3. The molecule has 0 aromatic rings. The molecule has 1 fully saturated rings. The first-order chi connectivity index (χ1) is 14.0. The van der Waals surface area contributed by atoms with Crippen LogP contribution in [-0.2, 0) is 19.1 Å². The van der Waals surface area contributed by atoms with Crippen molar-refractivity contribution in [2.24, 2.45) is 17.8 Å². The quantitative estimate of drug-likeness (QED) is 0.343. The van der Waals surface area contributed by atoms with E-state index in [1.54, 1.807) is 20.8 Å². The average molecular weight is 430 g/mol. The van der Waals surface area contributed by atoms with Crippen LogP contribution in [0.2, 0.25) is 0 Å². The monoisotopic (exact) mass is 430 g/mol. The van der Waals surface area contributed by atoms with E-state index < -0.39 is 42.3 Å². The maximum Gasteiger partial charge on any atom is 0.325 e. The maximum atomic E-state index is 12.8. The summed E-state index contributed by atoms with van der Waals surface area (Å²) in [5.41, 5.74) is -0.676. The molecule has 3 N–H and O–H groups in total. The smallest absolute Gasteiger partial charge is 0.325 e. The highest BCUT2D eigenvalue weighted by molar-refractivity contribution is 5.85. The second-order valence-corrected chi connectivity index (χ2v) is 8.74. The summed E-state index contributed by atoms with van der Waals surface area (Å²) in [4.78, 5) is 24.5. The Morgan fingerprint density at radius 1 is 1.27 bits per heavy atom. The van der Waals surface area contributed by atoms with Crippen LogP contribution in [0.1, 0.15) is 40.0 Å². The van der Waals surface area contributed by atoms with Crippen molar-refractivity contribution >= 4 is 11.9 Å². The molecule has 0 bridgehead atoms. The predicted octanol–water partition coefficient (Wildman–Crippen LogP) is 2.12. The first kappa shape index (κ1) is 24.4.